The average Bonchev–Trinajstić information content (AvgIpc) is 2.42. The number of halogens is 1. The molecule has 1 aliphatic rings. The summed E-state index contributed by atoms with van der Waals surface area (Å²) in [4.78, 5) is 2.34. The molecule has 0 amide bonds. The molecule has 0 aliphatic carbocycles. The van der Waals surface area contributed by atoms with Crippen LogP contribution >= 0.6 is 23.4 Å². The van der Waals surface area contributed by atoms with Crippen LogP contribution in [0.2, 0.25) is 5.02 Å². The van der Waals surface area contributed by atoms with Gasteiger partial charge in [0.2, 0.25) is 0 Å². The molecule has 19 heavy (non-hydrogen) atoms. The Morgan fingerprint density at radius 3 is 2.63 bits per heavy atom. The van der Waals surface area contributed by atoms with Crippen LogP contribution in [-0.4, -0.2) is 13.9 Å². The Morgan fingerprint density at radius 2 is 1.84 bits per heavy atom. The van der Waals surface area contributed by atoms with E-state index in [1.54, 1.807) is 18.9 Å². The fourth-order valence-electron chi connectivity index (χ4n) is 1.86. The maximum Gasteiger partial charge on any atom is 0.188 e. The third-order valence-electron chi connectivity index (χ3n) is 2.73. The van der Waals surface area contributed by atoms with Crippen LogP contribution in [0.5, 0.6) is 5.75 Å². The topological polar surface area (TPSA) is 30.5 Å². The summed E-state index contributed by atoms with van der Waals surface area (Å²) < 4.78 is 10.3. The normalized spacial score (nSPS) is 12.3. The quantitative estimate of drug-likeness (QED) is 0.719. The van der Waals surface area contributed by atoms with E-state index in [-0.39, 0.29) is 6.79 Å². The molecule has 1 N–H and O–H groups in total. The SMILES string of the molecule is COCOc1ccc2c(c1)Nc1cc(Cl)ccc1S2. The largest absolute Gasteiger partial charge is 0.467 e. The summed E-state index contributed by atoms with van der Waals surface area (Å²) in [5, 5.41) is 4.10. The zero-order valence-electron chi connectivity index (χ0n) is 10.3. The number of fused-ring (bicyclic) bond motifs is 2. The Hall–Kier alpha value is -1.36. The summed E-state index contributed by atoms with van der Waals surface area (Å²) in [6, 6.07) is 11.8. The molecule has 0 spiro atoms. The highest BCUT2D eigenvalue weighted by atomic mass is 35.5. The Bertz CT molecular complexity index is 618. The number of nitrogens with one attached hydrogen (secondary N) is 1. The van der Waals surface area contributed by atoms with Gasteiger partial charge in [-0.25, -0.2) is 0 Å². The fourth-order valence-corrected chi connectivity index (χ4v) is 2.99. The van der Waals surface area contributed by atoms with Crippen molar-refractivity contribution in [3.63, 3.8) is 0 Å². The molecule has 0 atom stereocenters. The Kier molecular flexibility index (Phi) is 3.55. The van der Waals surface area contributed by atoms with Gasteiger partial charge in [-0.15, -0.1) is 0 Å². The van der Waals surface area contributed by atoms with E-state index in [1.165, 1.54) is 9.79 Å². The molecule has 3 rings (SSSR count). The maximum atomic E-state index is 6.01. The molecule has 0 fully saturated rings. The van der Waals surface area contributed by atoms with E-state index in [2.05, 4.69) is 5.32 Å². The second kappa shape index (κ2) is 5.33. The molecule has 0 saturated carbocycles. The molecule has 2 aromatic carbocycles. The third kappa shape index (κ3) is 2.66. The van der Waals surface area contributed by atoms with Crippen molar-refractivity contribution in [2.45, 2.75) is 9.79 Å². The van der Waals surface area contributed by atoms with Gasteiger partial charge in [0.15, 0.2) is 6.79 Å². The van der Waals surface area contributed by atoms with Gasteiger partial charge in [-0.2, -0.15) is 0 Å². The molecule has 0 saturated heterocycles. The van der Waals surface area contributed by atoms with Gasteiger partial charge in [0, 0.05) is 28.0 Å². The molecule has 5 heteroatoms. The number of anilines is 2. The summed E-state index contributed by atoms with van der Waals surface area (Å²) in [6.45, 7) is 0.244. The van der Waals surface area contributed by atoms with Crippen molar-refractivity contribution in [2.24, 2.45) is 0 Å². The lowest BCUT2D eigenvalue weighted by molar-refractivity contribution is 0.0511. The first-order valence-corrected chi connectivity index (χ1v) is 6.96. The van der Waals surface area contributed by atoms with Gasteiger partial charge < -0.3 is 14.8 Å². The molecule has 98 valence electrons. The van der Waals surface area contributed by atoms with E-state index >= 15 is 0 Å². The van der Waals surface area contributed by atoms with Gasteiger partial charge in [0.25, 0.3) is 0 Å². The van der Waals surface area contributed by atoms with E-state index in [4.69, 9.17) is 21.1 Å². The van der Waals surface area contributed by atoms with Crippen LogP contribution < -0.4 is 10.1 Å². The maximum absolute atomic E-state index is 6.01. The lowest BCUT2D eigenvalue weighted by atomic mass is 10.2. The van der Waals surface area contributed by atoms with E-state index in [0.29, 0.717) is 0 Å². The second-order valence-corrected chi connectivity index (χ2v) is 5.60. The van der Waals surface area contributed by atoms with Gasteiger partial charge in [-0.05, 0) is 30.3 Å². The first-order chi connectivity index (χ1) is 9.26. The predicted molar refractivity (Wildman–Crippen MR) is 77.8 cm³/mol. The lowest BCUT2D eigenvalue weighted by Crippen LogP contribution is -2.02. The zero-order chi connectivity index (χ0) is 13.2. The molecule has 1 aliphatic heterocycles. The number of hydrogen-bond donors (Lipinski definition) is 1. The summed E-state index contributed by atoms with van der Waals surface area (Å²) in [5.74, 6) is 0.777. The number of benzene rings is 2. The number of rotatable bonds is 3. The highest BCUT2D eigenvalue weighted by molar-refractivity contribution is 7.99. The molecular weight excluding hydrogens is 282 g/mol. The summed E-state index contributed by atoms with van der Waals surface area (Å²) in [5.41, 5.74) is 2.04. The van der Waals surface area contributed by atoms with Crippen LogP contribution in [0.3, 0.4) is 0 Å². The van der Waals surface area contributed by atoms with Crippen molar-refractivity contribution in [1.82, 2.24) is 0 Å². The van der Waals surface area contributed by atoms with Crippen molar-refractivity contribution in [3.8, 4) is 5.75 Å². The minimum Gasteiger partial charge on any atom is -0.467 e. The van der Waals surface area contributed by atoms with Gasteiger partial charge in [0.1, 0.15) is 5.75 Å². The van der Waals surface area contributed by atoms with Gasteiger partial charge in [-0.1, -0.05) is 23.4 Å². The van der Waals surface area contributed by atoms with E-state index in [1.807, 2.05) is 36.4 Å². The summed E-state index contributed by atoms with van der Waals surface area (Å²) in [7, 11) is 1.60. The predicted octanol–water partition coefficient (Wildman–Crippen LogP) is 4.53. The van der Waals surface area contributed by atoms with Crippen molar-refractivity contribution in [3.05, 3.63) is 41.4 Å². The molecule has 0 radical (unpaired) electrons. The molecule has 0 unspecified atom stereocenters. The number of ether oxygens (including phenoxy) is 2. The van der Waals surface area contributed by atoms with E-state index in [0.717, 1.165) is 22.1 Å². The van der Waals surface area contributed by atoms with Gasteiger partial charge in [0.05, 0.1) is 11.4 Å². The first kappa shape index (κ1) is 12.7. The number of methoxy groups -OCH3 is 1. The van der Waals surface area contributed by atoms with Crippen molar-refractivity contribution in [1.29, 1.82) is 0 Å². The van der Waals surface area contributed by atoms with Crippen molar-refractivity contribution >= 4 is 34.7 Å². The molecular formula is C14H12ClNO2S. The molecule has 0 bridgehead atoms. The lowest BCUT2D eigenvalue weighted by Gasteiger charge is -2.21. The Balaban J connectivity index is 1.90. The summed E-state index contributed by atoms with van der Waals surface area (Å²) >= 11 is 7.73. The minimum absolute atomic E-state index is 0.244. The average molecular weight is 294 g/mol. The Morgan fingerprint density at radius 1 is 1.11 bits per heavy atom. The summed E-state index contributed by atoms with van der Waals surface area (Å²) in [6.07, 6.45) is 0. The van der Waals surface area contributed by atoms with Gasteiger partial charge >= 0.3 is 0 Å². The highest BCUT2D eigenvalue weighted by Gasteiger charge is 2.16. The van der Waals surface area contributed by atoms with E-state index in [9.17, 15) is 0 Å². The zero-order valence-corrected chi connectivity index (χ0v) is 11.8. The standard InChI is InChI=1S/C14H12ClNO2S/c1-17-8-18-10-3-5-14-12(7-10)16-11-6-9(15)2-4-13(11)19-14/h2-7,16H,8H2,1H3. The first-order valence-electron chi connectivity index (χ1n) is 5.76. The number of hydrogen-bond acceptors (Lipinski definition) is 4. The van der Waals surface area contributed by atoms with Crippen LogP contribution in [0.15, 0.2) is 46.2 Å². The smallest absolute Gasteiger partial charge is 0.188 e. The van der Waals surface area contributed by atoms with Crippen LogP contribution in [0, 0.1) is 0 Å². The van der Waals surface area contributed by atoms with Crippen molar-refractivity contribution in [2.75, 3.05) is 19.2 Å². The van der Waals surface area contributed by atoms with Crippen LogP contribution in [-0.2, 0) is 4.74 Å². The van der Waals surface area contributed by atoms with Crippen LogP contribution in [0.1, 0.15) is 0 Å². The van der Waals surface area contributed by atoms with Crippen LogP contribution in [0.25, 0.3) is 0 Å². The van der Waals surface area contributed by atoms with Crippen LogP contribution in [0.4, 0.5) is 11.4 Å². The monoisotopic (exact) mass is 293 g/mol. The molecule has 2 aromatic rings. The fraction of sp³-hybridized carbons (Fsp3) is 0.143. The minimum atomic E-state index is 0.244. The molecule has 1 heterocycles. The van der Waals surface area contributed by atoms with E-state index < -0.39 is 0 Å². The molecule has 3 nitrogen and oxygen atoms in total. The van der Waals surface area contributed by atoms with Crippen molar-refractivity contribution < 1.29 is 9.47 Å². The van der Waals surface area contributed by atoms with Gasteiger partial charge in [-0.3, -0.25) is 0 Å². The second-order valence-electron chi connectivity index (χ2n) is 4.08. The highest BCUT2D eigenvalue weighted by Crippen LogP contribution is 2.45. The third-order valence-corrected chi connectivity index (χ3v) is 4.11. The molecule has 0 aromatic heterocycles. The Labute approximate surface area is 120 Å².